The lowest BCUT2D eigenvalue weighted by molar-refractivity contribution is 0.106. The van der Waals surface area contributed by atoms with Gasteiger partial charge >= 0.3 is 0 Å². The van der Waals surface area contributed by atoms with Crippen LogP contribution in [0.4, 0.5) is 0 Å². The Balaban J connectivity index is 2.93. The maximum absolute atomic E-state index is 5.92. The lowest BCUT2D eigenvalue weighted by atomic mass is 9.90. The zero-order valence-corrected chi connectivity index (χ0v) is 14.0. The van der Waals surface area contributed by atoms with Crippen LogP contribution in [0.25, 0.3) is 0 Å². The van der Waals surface area contributed by atoms with Crippen LogP contribution in [0.15, 0.2) is 17.5 Å². The van der Waals surface area contributed by atoms with E-state index in [0.717, 1.165) is 19.6 Å². The Morgan fingerprint density at radius 3 is 2.47 bits per heavy atom. The number of hydrogen-bond donors (Lipinski definition) is 1. The number of thiophene rings is 1. The Bertz CT molecular complexity index is 344. The van der Waals surface area contributed by atoms with Crippen molar-refractivity contribution in [3.63, 3.8) is 0 Å². The van der Waals surface area contributed by atoms with Crippen molar-refractivity contribution in [1.82, 2.24) is 4.90 Å². The van der Waals surface area contributed by atoms with Gasteiger partial charge in [0.2, 0.25) is 0 Å². The lowest BCUT2D eigenvalue weighted by Crippen LogP contribution is -2.42. The van der Waals surface area contributed by atoms with E-state index >= 15 is 0 Å². The molecule has 19 heavy (non-hydrogen) atoms. The zero-order chi connectivity index (χ0) is 14.5. The third-order valence-corrected chi connectivity index (χ3v) is 4.50. The summed E-state index contributed by atoms with van der Waals surface area (Å²) in [5, 5.41) is 2.18. The minimum Gasteiger partial charge on any atom is -0.330 e. The van der Waals surface area contributed by atoms with E-state index < -0.39 is 0 Å². The highest BCUT2D eigenvalue weighted by molar-refractivity contribution is 7.10. The molecular formula is C16H30N2S. The normalized spacial score (nSPS) is 14.3. The minimum atomic E-state index is 0.180. The standard InChI is InChI=1S/C16H30N2S/c1-6-9-18(12-16(4,5)11-17)15(13(2)3)14-8-7-10-19-14/h7-8,10,13,15H,6,9,11-12,17H2,1-5H3. The van der Waals surface area contributed by atoms with E-state index in [4.69, 9.17) is 5.73 Å². The molecule has 0 bridgehead atoms. The van der Waals surface area contributed by atoms with Gasteiger partial charge < -0.3 is 5.73 Å². The van der Waals surface area contributed by atoms with Crippen molar-refractivity contribution in [3.05, 3.63) is 22.4 Å². The Kier molecular flexibility index (Phi) is 6.51. The lowest BCUT2D eigenvalue weighted by Gasteiger charge is -2.39. The molecule has 110 valence electrons. The average Bonchev–Trinajstić information content (AvgIpc) is 2.82. The first-order valence-corrected chi connectivity index (χ1v) is 8.26. The molecule has 1 unspecified atom stereocenters. The Morgan fingerprint density at radius 1 is 1.37 bits per heavy atom. The van der Waals surface area contributed by atoms with Gasteiger partial charge in [-0.25, -0.2) is 0 Å². The van der Waals surface area contributed by atoms with Gasteiger partial charge in [-0.2, -0.15) is 0 Å². The number of rotatable bonds is 8. The molecule has 1 rings (SSSR count). The summed E-state index contributed by atoms with van der Waals surface area (Å²) in [6, 6.07) is 4.95. The maximum Gasteiger partial charge on any atom is 0.0464 e. The van der Waals surface area contributed by atoms with Gasteiger partial charge in [-0.3, -0.25) is 4.90 Å². The van der Waals surface area contributed by atoms with Crippen LogP contribution in [0.3, 0.4) is 0 Å². The Morgan fingerprint density at radius 2 is 2.05 bits per heavy atom. The Labute approximate surface area is 123 Å². The van der Waals surface area contributed by atoms with Crippen LogP contribution in [-0.4, -0.2) is 24.5 Å². The van der Waals surface area contributed by atoms with Gasteiger partial charge in [0.1, 0.15) is 0 Å². The van der Waals surface area contributed by atoms with Gasteiger partial charge in [0.25, 0.3) is 0 Å². The first-order valence-electron chi connectivity index (χ1n) is 7.38. The molecule has 0 saturated heterocycles. The minimum absolute atomic E-state index is 0.180. The highest BCUT2D eigenvalue weighted by atomic mass is 32.1. The highest BCUT2D eigenvalue weighted by Gasteiger charge is 2.28. The van der Waals surface area contributed by atoms with Crippen LogP contribution < -0.4 is 5.73 Å². The molecule has 2 N–H and O–H groups in total. The van der Waals surface area contributed by atoms with Gasteiger partial charge in [0.05, 0.1) is 0 Å². The molecule has 1 atom stereocenters. The second-order valence-corrected chi connectivity index (χ2v) is 7.52. The van der Waals surface area contributed by atoms with Crippen LogP contribution in [0.1, 0.15) is 52.0 Å². The smallest absolute Gasteiger partial charge is 0.0464 e. The second-order valence-electron chi connectivity index (χ2n) is 6.54. The van der Waals surface area contributed by atoms with Crippen molar-refractivity contribution in [2.75, 3.05) is 19.6 Å². The van der Waals surface area contributed by atoms with Gasteiger partial charge in [-0.15, -0.1) is 11.3 Å². The molecule has 0 aliphatic rings. The predicted molar refractivity (Wildman–Crippen MR) is 86.6 cm³/mol. The molecule has 0 aliphatic heterocycles. The summed E-state index contributed by atoms with van der Waals surface area (Å²) in [6.45, 7) is 14.4. The van der Waals surface area contributed by atoms with Crippen molar-refractivity contribution in [2.45, 2.75) is 47.1 Å². The fourth-order valence-corrected chi connectivity index (χ4v) is 3.64. The van der Waals surface area contributed by atoms with E-state index in [1.807, 2.05) is 11.3 Å². The van der Waals surface area contributed by atoms with Crippen molar-refractivity contribution in [3.8, 4) is 0 Å². The third kappa shape index (κ3) is 4.90. The van der Waals surface area contributed by atoms with Gasteiger partial charge in [0.15, 0.2) is 0 Å². The molecule has 0 amide bonds. The Hall–Kier alpha value is -0.380. The van der Waals surface area contributed by atoms with E-state index in [2.05, 4.69) is 57.0 Å². The maximum atomic E-state index is 5.92. The van der Waals surface area contributed by atoms with Crippen molar-refractivity contribution < 1.29 is 0 Å². The molecule has 3 heteroatoms. The SMILES string of the molecule is CCCN(CC(C)(C)CN)C(c1cccs1)C(C)C. The number of nitrogens with two attached hydrogens (primary N) is 1. The highest BCUT2D eigenvalue weighted by Crippen LogP contribution is 2.33. The van der Waals surface area contributed by atoms with Crippen molar-refractivity contribution in [1.29, 1.82) is 0 Å². The number of hydrogen-bond acceptors (Lipinski definition) is 3. The first-order chi connectivity index (χ1) is 8.91. The van der Waals surface area contributed by atoms with Gasteiger partial charge in [0, 0.05) is 17.5 Å². The third-order valence-electron chi connectivity index (χ3n) is 3.55. The van der Waals surface area contributed by atoms with Gasteiger partial charge in [-0.05, 0) is 42.3 Å². The summed E-state index contributed by atoms with van der Waals surface area (Å²) in [6.07, 6.45) is 1.19. The largest absolute Gasteiger partial charge is 0.330 e. The summed E-state index contributed by atoms with van der Waals surface area (Å²) in [5.41, 5.74) is 6.10. The molecule has 0 aliphatic carbocycles. The van der Waals surface area contributed by atoms with Crippen molar-refractivity contribution >= 4 is 11.3 Å². The summed E-state index contributed by atoms with van der Waals surface area (Å²) < 4.78 is 0. The summed E-state index contributed by atoms with van der Waals surface area (Å²) >= 11 is 1.87. The summed E-state index contributed by atoms with van der Waals surface area (Å²) in [7, 11) is 0. The molecule has 1 aromatic heterocycles. The van der Waals surface area contributed by atoms with E-state index in [-0.39, 0.29) is 5.41 Å². The second kappa shape index (κ2) is 7.41. The van der Waals surface area contributed by atoms with E-state index in [1.165, 1.54) is 11.3 Å². The summed E-state index contributed by atoms with van der Waals surface area (Å²) in [5.74, 6) is 0.624. The molecular weight excluding hydrogens is 252 g/mol. The zero-order valence-electron chi connectivity index (χ0n) is 13.1. The summed E-state index contributed by atoms with van der Waals surface area (Å²) in [4.78, 5) is 4.11. The van der Waals surface area contributed by atoms with Crippen LogP contribution >= 0.6 is 11.3 Å². The molecule has 1 aromatic rings. The fraction of sp³-hybridized carbons (Fsp3) is 0.750. The molecule has 0 radical (unpaired) electrons. The van der Waals surface area contributed by atoms with Crippen LogP contribution in [0.5, 0.6) is 0 Å². The molecule has 0 saturated carbocycles. The van der Waals surface area contributed by atoms with Crippen LogP contribution in [0, 0.1) is 11.3 Å². The topological polar surface area (TPSA) is 29.3 Å². The first kappa shape index (κ1) is 16.7. The van der Waals surface area contributed by atoms with Gasteiger partial charge in [-0.1, -0.05) is 40.7 Å². The van der Waals surface area contributed by atoms with Crippen molar-refractivity contribution in [2.24, 2.45) is 17.1 Å². The molecule has 0 spiro atoms. The van der Waals surface area contributed by atoms with Crippen LogP contribution in [0.2, 0.25) is 0 Å². The predicted octanol–water partition coefficient (Wildman–Crippen LogP) is 4.14. The van der Waals surface area contributed by atoms with E-state index in [9.17, 15) is 0 Å². The molecule has 1 heterocycles. The molecule has 2 nitrogen and oxygen atoms in total. The molecule has 0 fully saturated rings. The quantitative estimate of drug-likeness (QED) is 0.776. The van der Waals surface area contributed by atoms with Crippen LogP contribution in [-0.2, 0) is 0 Å². The van der Waals surface area contributed by atoms with E-state index in [0.29, 0.717) is 12.0 Å². The molecule has 0 aromatic carbocycles. The average molecular weight is 282 g/mol. The number of nitrogens with zero attached hydrogens (tertiary/aromatic N) is 1. The monoisotopic (exact) mass is 282 g/mol. The van der Waals surface area contributed by atoms with E-state index in [1.54, 1.807) is 0 Å². The fourth-order valence-electron chi connectivity index (χ4n) is 2.61.